The monoisotopic (exact) mass is 1010 g/mol. The van der Waals surface area contributed by atoms with Gasteiger partial charge in [0.15, 0.2) is 0 Å². The number of unbranched alkanes of at least 4 members (excludes halogenated alkanes) is 40. The van der Waals surface area contributed by atoms with Crippen LogP contribution in [0, 0.1) is 0 Å². The molecule has 0 radical (unpaired) electrons. The Balaban J connectivity index is 2.22. The minimum atomic E-state index is -5.06. The SMILES string of the molecule is CCCCCCCCCCCCCCCCCCCCCCCCCCCCCCCC(=O)N[C@@H](COP(=O)(O)OC1C(O)C(O)C(O)[C@@H](O)C1O)[C@H](O)CCCCCCCCCCCCCCC. The van der Waals surface area contributed by atoms with Crippen LogP contribution in [0.5, 0.6) is 0 Å². The summed E-state index contributed by atoms with van der Waals surface area (Å²) < 4.78 is 23.1. The number of aliphatic hydroxyl groups is 6. The maximum atomic E-state index is 13.0. The number of amides is 1. The molecule has 412 valence electrons. The standard InChI is InChI=1S/C56H112NO11P/c1-3-5-7-9-11-13-15-17-18-19-20-21-22-23-24-25-26-27-28-29-30-31-32-34-36-38-40-42-44-46-50(59)57-48(49(58)45-43-41-39-37-35-33-16-14-12-10-8-6-4-2)47-67-69(65,66)68-56-54(63)52(61)51(60)53(62)55(56)64/h48-49,51-56,58,60-64H,3-47H2,1-2H3,(H,57,59)(H,65,66)/t48-,49+,51?,52+,53?,54?,55?,56?/m0/s1. The van der Waals surface area contributed by atoms with Crippen LogP contribution in [0.1, 0.15) is 296 Å². The highest BCUT2D eigenvalue weighted by Crippen LogP contribution is 2.47. The Bertz CT molecular complexity index is 1170. The van der Waals surface area contributed by atoms with Crippen LogP contribution < -0.4 is 5.32 Å². The number of carbonyl (C=O) groups is 1. The van der Waals surface area contributed by atoms with E-state index < -0.39 is 63.2 Å². The predicted molar refractivity (Wildman–Crippen MR) is 283 cm³/mol. The van der Waals surface area contributed by atoms with Crippen LogP contribution in [0.25, 0.3) is 0 Å². The summed E-state index contributed by atoms with van der Waals surface area (Å²) in [6, 6.07) is -1.03. The molecule has 0 saturated heterocycles. The van der Waals surface area contributed by atoms with Gasteiger partial charge in [-0.05, 0) is 12.8 Å². The van der Waals surface area contributed by atoms with Crippen molar-refractivity contribution in [3.8, 4) is 0 Å². The van der Waals surface area contributed by atoms with Crippen molar-refractivity contribution < 1.29 is 53.9 Å². The Morgan fingerprint density at radius 3 is 1.00 bits per heavy atom. The summed E-state index contributed by atoms with van der Waals surface area (Å²) in [5.74, 6) is -0.301. The Labute approximate surface area is 423 Å². The zero-order chi connectivity index (χ0) is 50.6. The molecule has 1 aliphatic carbocycles. The van der Waals surface area contributed by atoms with Gasteiger partial charge in [-0.25, -0.2) is 4.57 Å². The lowest BCUT2D eigenvalue weighted by Gasteiger charge is -2.41. The number of hydrogen-bond donors (Lipinski definition) is 8. The number of carbonyl (C=O) groups excluding carboxylic acids is 1. The summed E-state index contributed by atoms with van der Waals surface area (Å²) in [5, 5.41) is 64.4. The Hall–Kier alpha value is -0.660. The summed E-state index contributed by atoms with van der Waals surface area (Å²) in [6.07, 6.45) is 41.6. The molecular formula is C56H112NO11P. The molecular weight excluding hydrogens is 894 g/mol. The van der Waals surface area contributed by atoms with Crippen molar-refractivity contribution >= 4 is 13.7 Å². The molecule has 1 rings (SSSR count). The van der Waals surface area contributed by atoms with Crippen LogP contribution in [0.3, 0.4) is 0 Å². The third-order valence-electron chi connectivity index (χ3n) is 14.7. The van der Waals surface area contributed by atoms with E-state index in [0.717, 1.165) is 38.5 Å². The van der Waals surface area contributed by atoms with Crippen molar-refractivity contribution in [3.63, 3.8) is 0 Å². The van der Waals surface area contributed by atoms with E-state index in [4.69, 9.17) is 9.05 Å². The first-order chi connectivity index (χ1) is 33.4. The van der Waals surface area contributed by atoms with Gasteiger partial charge in [-0.1, -0.05) is 277 Å². The summed E-state index contributed by atoms with van der Waals surface area (Å²) in [4.78, 5) is 23.5. The van der Waals surface area contributed by atoms with E-state index in [1.54, 1.807) is 0 Å². The second-order valence-electron chi connectivity index (χ2n) is 21.2. The minimum absolute atomic E-state index is 0.243. The van der Waals surface area contributed by atoms with Crippen LogP contribution in [0.2, 0.25) is 0 Å². The highest BCUT2D eigenvalue weighted by molar-refractivity contribution is 7.47. The first kappa shape index (κ1) is 66.4. The predicted octanol–water partition coefficient (Wildman–Crippen LogP) is 13.4. The Kier molecular flexibility index (Phi) is 44.2. The van der Waals surface area contributed by atoms with Gasteiger partial charge >= 0.3 is 7.82 Å². The van der Waals surface area contributed by atoms with E-state index in [1.165, 1.54) is 218 Å². The van der Waals surface area contributed by atoms with E-state index >= 15 is 0 Å². The number of phosphoric acid groups is 1. The topological polar surface area (TPSA) is 206 Å². The molecule has 1 fully saturated rings. The zero-order valence-electron chi connectivity index (χ0n) is 44.6. The summed E-state index contributed by atoms with van der Waals surface area (Å²) in [6.45, 7) is 3.93. The molecule has 12 nitrogen and oxygen atoms in total. The zero-order valence-corrected chi connectivity index (χ0v) is 45.5. The molecule has 0 aromatic rings. The van der Waals surface area contributed by atoms with Gasteiger partial charge in [0.25, 0.3) is 0 Å². The number of nitrogens with one attached hydrogen (secondary N) is 1. The Morgan fingerprint density at radius 2 is 0.696 bits per heavy atom. The van der Waals surface area contributed by atoms with Gasteiger partial charge in [0, 0.05) is 6.42 Å². The van der Waals surface area contributed by atoms with E-state index in [2.05, 4.69) is 19.2 Å². The summed E-state index contributed by atoms with van der Waals surface area (Å²) in [7, 11) is -5.06. The van der Waals surface area contributed by atoms with Crippen LogP contribution >= 0.6 is 7.82 Å². The summed E-state index contributed by atoms with van der Waals surface area (Å²) in [5.41, 5.74) is 0. The van der Waals surface area contributed by atoms with Crippen molar-refractivity contribution in [2.75, 3.05) is 6.61 Å². The van der Waals surface area contributed by atoms with Crippen LogP contribution in [-0.4, -0.2) is 96.8 Å². The lowest BCUT2D eigenvalue weighted by molar-refractivity contribution is -0.220. The van der Waals surface area contributed by atoms with Crippen molar-refractivity contribution in [2.24, 2.45) is 0 Å². The molecule has 13 heteroatoms. The normalized spacial score (nSPS) is 21.3. The smallest absolute Gasteiger partial charge is 0.391 e. The molecule has 1 saturated carbocycles. The average molecular weight is 1010 g/mol. The maximum absolute atomic E-state index is 13.0. The molecule has 0 heterocycles. The molecule has 1 amide bonds. The van der Waals surface area contributed by atoms with Crippen molar-refractivity contribution in [3.05, 3.63) is 0 Å². The van der Waals surface area contributed by atoms with E-state index in [0.29, 0.717) is 19.3 Å². The maximum Gasteiger partial charge on any atom is 0.472 e. The first-order valence-corrected chi connectivity index (χ1v) is 31.0. The number of phosphoric ester groups is 1. The number of hydrogen-bond acceptors (Lipinski definition) is 10. The van der Waals surface area contributed by atoms with Crippen molar-refractivity contribution in [1.82, 2.24) is 5.32 Å². The van der Waals surface area contributed by atoms with E-state index in [9.17, 15) is 44.9 Å². The third kappa shape index (κ3) is 36.8. The quantitative estimate of drug-likeness (QED) is 0.0213. The van der Waals surface area contributed by atoms with Crippen LogP contribution in [0.4, 0.5) is 0 Å². The molecule has 0 bridgehead atoms. The van der Waals surface area contributed by atoms with Crippen LogP contribution in [-0.2, 0) is 18.4 Å². The van der Waals surface area contributed by atoms with E-state index in [-0.39, 0.29) is 12.3 Å². The largest absolute Gasteiger partial charge is 0.472 e. The number of aliphatic hydroxyl groups excluding tert-OH is 6. The molecule has 69 heavy (non-hydrogen) atoms. The van der Waals surface area contributed by atoms with Crippen molar-refractivity contribution in [2.45, 2.75) is 345 Å². The van der Waals surface area contributed by atoms with Gasteiger partial charge in [0.05, 0.1) is 18.8 Å². The summed E-state index contributed by atoms with van der Waals surface area (Å²) >= 11 is 0. The third-order valence-corrected chi connectivity index (χ3v) is 15.7. The van der Waals surface area contributed by atoms with E-state index in [1.807, 2.05) is 0 Å². The second-order valence-corrected chi connectivity index (χ2v) is 22.6. The van der Waals surface area contributed by atoms with Gasteiger partial charge in [0.2, 0.25) is 5.91 Å². The molecule has 9 atom stereocenters. The highest BCUT2D eigenvalue weighted by Gasteiger charge is 2.51. The lowest BCUT2D eigenvalue weighted by atomic mass is 9.85. The fourth-order valence-corrected chi connectivity index (χ4v) is 10.9. The average Bonchev–Trinajstić information content (AvgIpc) is 3.33. The van der Waals surface area contributed by atoms with Gasteiger partial charge in [-0.3, -0.25) is 13.8 Å². The number of rotatable bonds is 51. The lowest BCUT2D eigenvalue weighted by Crippen LogP contribution is -2.64. The van der Waals surface area contributed by atoms with Gasteiger partial charge < -0.3 is 40.8 Å². The Morgan fingerprint density at radius 1 is 0.435 bits per heavy atom. The van der Waals surface area contributed by atoms with Crippen LogP contribution in [0.15, 0.2) is 0 Å². The van der Waals surface area contributed by atoms with Gasteiger partial charge in [-0.15, -0.1) is 0 Å². The molecule has 8 N–H and O–H groups in total. The molecule has 1 aliphatic rings. The highest BCUT2D eigenvalue weighted by atomic mass is 31.2. The molecule has 0 spiro atoms. The second kappa shape index (κ2) is 45.9. The minimum Gasteiger partial charge on any atom is -0.391 e. The molecule has 0 aromatic heterocycles. The fourth-order valence-electron chi connectivity index (χ4n) is 9.91. The molecule has 0 aromatic carbocycles. The van der Waals surface area contributed by atoms with Gasteiger partial charge in [0.1, 0.15) is 36.6 Å². The first-order valence-electron chi connectivity index (χ1n) is 29.5. The van der Waals surface area contributed by atoms with Gasteiger partial charge in [-0.2, -0.15) is 0 Å². The molecule has 6 unspecified atom stereocenters. The fraction of sp³-hybridized carbons (Fsp3) is 0.982. The molecule has 0 aliphatic heterocycles. The van der Waals surface area contributed by atoms with Crippen molar-refractivity contribution in [1.29, 1.82) is 0 Å².